The Morgan fingerprint density at radius 1 is 1.41 bits per heavy atom. The predicted octanol–water partition coefficient (Wildman–Crippen LogP) is 2.55. The molecule has 2 aliphatic heterocycles. The summed E-state index contributed by atoms with van der Waals surface area (Å²) >= 11 is 0. The molecule has 29 heavy (non-hydrogen) atoms. The van der Waals surface area contributed by atoms with Gasteiger partial charge in [-0.15, -0.1) is 0 Å². The van der Waals surface area contributed by atoms with Gasteiger partial charge in [-0.2, -0.15) is 0 Å². The molecule has 1 N–H and O–H groups in total. The van der Waals surface area contributed by atoms with Gasteiger partial charge in [0.05, 0.1) is 24.5 Å². The third-order valence-corrected chi connectivity index (χ3v) is 8.15. The molecule has 0 amide bonds. The van der Waals surface area contributed by atoms with Crippen molar-refractivity contribution in [1.29, 1.82) is 0 Å². The van der Waals surface area contributed by atoms with E-state index in [4.69, 9.17) is 9.47 Å². The molecule has 0 spiro atoms. The van der Waals surface area contributed by atoms with Crippen molar-refractivity contribution in [2.45, 2.75) is 65.1 Å². The molecule has 0 aromatic carbocycles. The van der Waals surface area contributed by atoms with Crippen LogP contribution in [0.1, 0.15) is 52.9 Å². The number of rotatable bonds is 4. The number of fused-ring (bicyclic) bond motifs is 2. The van der Waals surface area contributed by atoms with Crippen LogP contribution >= 0.6 is 0 Å². The maximum Gasteiger partial charge on any atom is 0.311 e. The quantitative estimate of drug-likeness (QED) is 0.572. The summed E-state index contributed by atoms with van der Waals surface area (Å²) in [4.78, 5) is 27.2. The smallest absolute Gasteiger partial charge is 0.311 e. The van der Waals surface area contributed by atoms with E-state index >= 15 is 0 Å². The first kappa shape index (κ1) is 20.9. The molecule has 3 fully saturated rings. The van der Waals surface area contributed by atoms with Crippen LogP contribution in [-0.2, 0) is 19.1 Å². The second-order valence-corrected chi connectivity index (χ2v) is 9.65. The minimum Gasteiger partial charge on any atom is -0.466 e. The lowest BCUT2D eigenvalue weighted by atomic mass is 9.55. The molecule has 4 aliphatic rings. The summed E-state index contributed by atoms with van der Waals surface area (Å²) in [5.74, 6) is -0.568. The fraction of sp³-hybridized carbons (Fsp3) is 0.826. The van der Waals surface area contributed by atoms with E-state index in [1.54, 1.807) is 0 Å². The van der Waals surface area contributed by atoms with Crippen LogP contribution in [-0.4, -0.2) is 60.4 Å². The Kier molecular flexibility index (Phi) is 5.77. The number of nitrogens with zero attached hydrogens (tertiary/aromatic N) is 1. The molecule has 2 heterocycles. The van der Waals surface area contributed by atoms with E-state index in [2.05, 4.69) is 24.8 Å². The molecule has 4 rings (SSSR count). The van der Waals surface area contributed by atoms with Crippen LogP contribution in [0, 0.1) is 29.1 Å². The zero-order chi connectivity index (χ0) is 20.8. The normalized spacial score (nSPS) is 42.5. The Balaban J connectivity index is 1.50. The molecule has 2 saturated heterocycles. The van der Waals surface area contributed by atoms with Gasteiger partial charge in [-0.1, -0.05) is 25.5 Å². The van der Waals surface area contributed by atoms with Crippen molar-refractivity contribution in [3.8, 4) is 0 Å². The Labute approximate surface area is 173 Å². The fourth-order valence-corrected chi connectivity index (χ4v) is 6.23. The Bertz CT molecular complexity index is 691. The van der Waals surface area contributed by atoms with Gasteiger partial charge >= 0.3 is 11.9 Å². The lowest BCUT2D eigenvalue weighted by Crippen LogP contribution is -2.55. The highest BCUT2D eigenvalue weighted by Gasteiger charge is 2.59. The van der Waals surface area contributed by atoms with Crippen LogP contribution in [0.25, 0.3) is 0 Å². The van der Waals surface area contributed by atoms with E-state index < -0.39 is 6.10 Å². The average molecular weight is 406 g/mol. The molecule has 0 aromatic heterocycles. The van der Waals surface area contributed by atoms with Gasteiger partial charge in [0.25, 0.3) is 0 Å². The van der Waals surface area contributed by atoms with Crippen LogP contribution in [0.2, 0.25) is 0 Å². The molecular formula is C23H35NO5. The number of carbonyl (C=O) groups excluding carboxylic acids is 2. The number of likely N-dealkylation sites (tertiary alicyclic amines) is 1. The number of hydrogen-bond acceptors (Lipinski definition) is 6. The van der Waals surface area contributed by atoms with Gasteiger partial charge in [-0.05, 0) is 45.1 Å². The van der Waals surface area contributed by atoms with Gasteiger partial charge in [0.1, 0.15) is 6.10 Å². The van der Waals surface area contributed by atoms with Crippen molar-refractivity contribution in [2.24, 2.45) is 29.1 Å². The molecule has 6 nitrogen and oxygen atoms in total. The van der Waals surface area contributed by atoms with Gasteiger partial charge in [-0.25, -0.2) is 0 Å². The number of aliphatic hydroxyl groups is 1. The number of hydrogen-bond donors (Lipinski definition) is 1. The number of aliphatic hydroxyl groups excluding tert-OH is 1. The number of esters is 2. The second kappa shape index (κ2) is 8.03. The van der Waals surface area contributed by atoms with Gasteiger partial charge in [0.2, 0.25) is 0 Å². The molecule has 0 aromatic rings. The fourth-order valence-electron chi connectivity index (χ4n) is 6.23. The number of carbonyl (C=O) groups is 2. The number of allylic oxidation sites excluding steroid dienone is 1. The highest BCUT2D eigenvalue weighted by Crippen LogP contribution is 2.56. The Morgan fingerprint density at radius 2 is 2.21 bits per heavy atom. The van der Waals surface area contributed by atoms with Crippen molar-refractivity contribution in [3.05, 3.63) is 11.6 Å². The SMILES string of the molecule is CCOC(=O)C1CCCN(CC2C(=O)OC3CC4=CCCC(C)C4(C)C(O)C32)C1. The topological polar surface area (TPSA) is 76.1 Å². The Morgan fingerprint density at radius 3 is 2.97 bits per heavy atom. The zero-order valence-electron chi connectivity index (χ0n) is 17.9. The molecule has 7 unspecified atom stereocenters. The first-order valence-corrected chi connectivity index (χ1v) is 11.3. The average Bonchev–Trinajstić information content (AvgIpc) is 3.00. The third-order valence-electron chi connectivity index (χ3n) is 8.15. The van der Waals surface area contributed by atoms with Gasteiger partial charge in [-0.3, -0.25) is 9.59 Å². The molecule has 2 aliphatic carbocycles. The van der Waals surface area contributed by atoms with Crippen LogP contribution in [0.5, 0.6) is 0 Å². The molecular weight excluding hydrogens is 370 g/mol. The maximum absolute atomic E-state index is 12.8. The lowest BCUT2D eigenvalue weighted by Gasteiger charge is -2.52. The third kappa shape index (κ3) is 3.52. The standard InChI is InChI=1S/C23H35NO5/c1-4-28-21(26)15-8-6-10-24(12-15)13-17-19-18(29-22(17)27)11-16-9-5-7-14(2)23(16,3)20(19)25/h9,14-15,17-20,25H,4-8,10-13H2,1-3H3. The van der Waals surface area contributed by atoms with Crippen LogP contribution in [0.4, 0.5) is 0 Å². The van der Waals surface area contributed by atoms with Crippen molar-refractivity contribution < 1.29 is 24.2 Å². The monoisotopic (exact) mass is 405 g/mol. The van der Waals surface area contributed by atoms with E-state index in [0.717, 1.165) is 38.6 Å². The van der Waals surface area contributed by atoms with E-state index in [1.165, 1.54) is 5.57 Å². The minimum atomic E-state index is -0.579. The first-order valence-electron chi connectivity index (χ1n) is 11.3. The molecule has 1 saturated carbocycles. The zero-order valence-corrected chi connectivity index (χ0v) is 17.9. The molecule has 7 atom stereocenters. The predicted molar refractivity (Wildman–Crippen MR) is 108 cm³/mol. The lowest BCUT2D eigenvalue weighted by molar-refractivity contribution is -0.150. The van der Waals surface area contributed by atoms with Crippen LogP contribution in [0.15, 0.2) is 11.6 Å². The van der Waals surface area contributed by atoms with Gasteiger partial charge in [0, 0.05) is 30.8 Å². The summed E-state index contributed by atoms with van der Waals surface area (Å²) in [6.07, 6.45) is 6.07. The van der Waals surface area contributed by atoms with Gasteiger partial charge < -0.3 is 19.5 Å². The van der Waals surface area contributed by atoms with E-state index in [-0.39, 0.29) is 41.2 Å². The number of ether oxygens (including phenoxy) is 2. The summed E-state index contributed by atoms with van der Waals surface area (Å²) in [6.45, 7) is 8.65. The Hall–Kier alpha value is -1.40. The van der Waals surface area contributed by atoms with E-state index in [0.29, 0.717) is 25.6 Å². The van der Waals surface area contributed by atoms with Crippen LogP contribution in [0.3, 0.4) is 0 Å². The van der Waals surface area contributed by atoms with Crippen LogP contribution < -0.4 is 0 Å². The molecule has 0 bridgehead atoms. The highest BCUT2D eigenvalue weighted by atomic mass is 16.6. The molecule has 0 radical (unpaired) electrons. The van der Waals surface area contributed by atoms with Gasteiger partial charge in [0.15, 0.2) is 0 Å². The summed E-state index contributed by atoms with van der Waals surface area (Å²) in [6, 6.07) is 0. The molecule has 6 heteroatoms. The highest BCUT2D eigenvalue weighted by molar-refractivity contribution is 5.76. The van der Waals surface area contributed by atoms with Crippen molar-refractivity contribution in [1.82, 2.24) is 4.90 Å². The van der Waals surface area contributed by atoms with E-state index in [9.17, 15) is 14.7 Å². The summed E-state index contributed by atoms with van der Waals surface area (Å²) in [5.41, 5.74) is 0.986. The van der Waals surface area contributed by atoms with Crippen molar-refractivity contribution in [3.63, 3.8) is 0 Å². The van der Waals surface area contributed by atoms with Crippen molar-refractivity contribution in [2.75, 3.05) is 26.2 Å². The molecule has 162 valence electrons. The summed E-state index contributed by atoms with van der Waals surface area (Å²) < 4.78 is 11.0. The van der Waals surface area contributed by atoms with E-state index in [1.807, 2.05) is 6.92 Å². The number of piperidine rings is 1. The summed E-state index contributed by atoms with van der Waals surface area (Å²) in [5, 5.41) is 11.5. The second-order valence-electron chi connectivity index (χ2n) is 9.65. The van der Waals surface area contributed by atoms with Crippen molar-refractivity contribution >= 4 is 11.9 Å². The first-order chi connectivity index (χ1) is 13.9. The minimum absolute atomic E-state index is 0.126. The summed E-state index contributed by atoms with van der Waals surface area (Å²) in [7, 11) is 0. The largest absolute Gasteiger partial charge is 0.466 e. The maximum atomic E-state index is 12.8.